The number of allylic oxidation sites excluding steroid dienone is 2. The van der Waals surface area contributed by atoms with Gasteiger partial charge in [-0.05, 0) is 32.6 Å². The van der Waals surface area contributed by atoms with Crippen LogP contribution >= 0.6 is 0 Å². The molecule has 0 amide bonds. The Kier molecular flexibility index (Phi) is 3.76. The van der Waals surface area contributed by atoms with Crippen molar-refractivity contribution < 1.29 is 5.11 Å². The summed E-state index contributed by atoms with van der Waals surface area (Å²) in [5.41, 5.74) is 1.37. The zero-order valence-corrected chi connectivity index (χ0v) is 8.01. The predicted octanol–water partition coefficient (Wildman–Crippen LogP) is 1.31. The van der Waals surface area contributed by atoms with E-state index in [4.69, 9.17) is 0 Å². The van der Waals surface area contributed by atoms with Gasteiger partial charge in [0.1, 0.15) is 0 Å². The average molecular weight is 169 g/mol. The predicted molar refractivity (Wildman–Crippen MR) is 51.0 cm³/mol. The minimum absolute atomic E-state index is 0.115. The van der Waals surface area contributed by atoms with E-state index >= 15 is 0 Å². The Bertz CT molecular complexity index is 161. The van der Waals surface area contributed by atoms with Crippen LogP contribution in [0.1, 0.15) is 26.7 Å². The molecule has 1 fully saturated rings. The topological polar surface area (TPSA) is 32.3 Å². The molecule has 70 valence electrons. The van der Waals surface area contributed by atoms with Crippen LogP contribution in [-0.4, -0.2) is 24.3 Å². The standard InChI is InChI=1S/C10H19NO/c1-8(2)4-3-5-9-6-11-7-10(9)12/h4,9-12H,3,5-7H2,1-2H3/t9-,10-/m1/s1. The summed E-state index contributed by atoms with van der Waals surface area (Å²) in [5, 5.41) is 12.7. The van der Waals surface area contributed by atoms with Gasteiger partial charge in [0, 0.05) is 13.1 Å². The van der Waals surface area contributed by atoms with Crippen LogP contribution in [-0.2, 0) is 0 Å². The third-order valence-electron chi connectivity index (χ3n) is 2.39. The molecule has 2 N–H and O–H groups in total. The molecule has 1 saturated heterocycles. The molecule has 0 aromatic carbocycles. The maximum atomic E-state index is 9.47. The largest absolute Gasteiger partial charge is 0.391 e. The van der Waals surface area contributed by atoms with Crippen LogP contribution in [0.25, 0.3) is 0 Å². The fraction of sp³-hybridized carbons (Fsp3) is 0.800. The van der Waals surface area contributed by atoms with Crippen LogP contribution in [0.5, 0.6) is 0 Å². The fourth-order valence-electron chi connectivity index (χ4n) is 1.60. The molecule has 1 aliphatic rings. The van der Waals surface area contributed by atoms with Gasteiger partial charge < -0.3 is 10.4 Å². The Labute approximate surface area is 74.7 Å². The van der Waals surface area contributed by atoms with Gasteiger partial charge in [0.25, 0.3) is 0 Å². The number of aliphatic hydroxyl groups excluding tert-OH is 1. The highest BCUT2D eigenvalue weighted by Crippen LogP contribution is 2.15. The van der Waals surface area contributed by atoms with E-state index in [1.54, 1.807) is 0 Å². The van der Waals surface area contributed by atoms with Gasteiger partial charge in [-0.1, -0.05) is 11.6 Å². The Morgan fingerprint density at radius 3 is 2.75 bits per heavy atom. The van der Waals surface area contributed by atoms with Crippen molar-refractivity contribution in [3.8, 4) is 0 Å². The fourth-order valence-corrected chi connectivity index (χ4v) is 1.60. The molecular weight excluding hydrogens is 150 g/mol. The van der Waals surface area contributed by atoms with Gasteiger partial charge in [-0.25, -0.2) is 0 Å². The SMILES string of the molecule is CC(C)=CCC[C@@H]1CNC[C@H]1O. The number of β-amino-alcohol motifs (C(OH)–C–C–N with tert-alkyl or cyclic N) is 1. The lowest BCUT2D eigenvalue weighted by atomic mass is 9.99. The number of rotatable bonds is 3. The Morgan fingerprint density at radius 2 is 2.25 bits per heavy atom. The first-order chi connectivity index (χ1) is 5.70. The van der Waals surface area contributed by atoms with Crippen molar-refractivity contribution in [2.45, 2.75) is 32.8 Å². The monoisotopic (exact) mass is 169 g/mol. The third kappa shape index (κ3) is 2.95. The molecule has 0 spiro atoms. The minimum Gasteiger partial charge on any atom is -0.391 e. The first-order valence-corrected chi connectivity index (χ1v) is 4.72. The molecule has 1 heterocycles. The smallest absolute Gasteiger partial charge is 0.0704 e. The lowest BCUT2D eigenvalue weighted by molar-refractivity contribution is 0.143. The van der Waals surface area contributed by atoms with Crippen LogP contribution in [0.3, 0.4) is 0 Å². The van der Waals surface area contributed by atoms with Crippen molar-refractivity contribution in [3.63, 3.8) is 0 Å². The molecule has 0 aromatic heterocycles. The molecule has 2 heteroatoms. The van der Waals surface area contributed by atoms with E-state index in [0.29, 0.717) is 5.92 Å². The van der Waals surface area contributed by atoms with Crippen molar-refractivity contribution in [2.24, 2.45) is 5.92 Å². The molecule has 0 bridgehead atoms. The Hall–Kier alpha value is -0.340. The number of nitrogens with one attached hydrogen (secondary N) is 1. The second kappa shape index (κ2) is 4.63. The van der Waals surface area contributed by atoms with Crippen molar-refractivity contribution >= 4 is 0 Å². The summed E-state index contributed by atoms with van der Waals surface area (Å²) in [6, 6.07) is 0. The molecule has 12 heavy (non-hydrogen) atoms. The maximum absolute atomic E-state index is 9.47. The first kappa shape index (κ1) is 9.75. The quantitative estimate of drug-likeness (QED) is 0.624. The molecule has 0 saturated carbocycles. The van der Waals surface area contributed by atoms with Gasteiger partial charge in [-0.15, -0.1) is 0 Å². The number of hydrogen-bond acceptors (Lipinski definition) is 2. The molecule has 1 aliphatic heterocycles. The molecule has 2 nitrogen and oxygen atoms in total. The van der Waals surface area contributed by atoms with Crippen LogP contribution in [0.2, 0.25) is 0 Å². The van der Waals surface area contributed by atoms with Gasteiger partial charge in [-0.2, -0.15) is 0 Å². The van der Waals surface area contributed by atoms with E-state index in [9.17, 15) is 5.11 Å². The van der Waals surface area contributed by atoms with E-state index in [2.05, 4.69) is 25.2 Å². The van der Waals surface area contributed by atoms with Gasteiger partial charge in [0.05, 0.1) is 6.10 Å². The molecule has 0 aliphatic carbocycles. The minimum atomic E-state index is -0.115. The molecule has 1 rings (SSSR count). The molecule has 0 aromatic rings. The second-order valence-electron chi connectivity index (χ2n) is 3.84. The summed E-state index contributed by atoms with van der Waals surface area (Å²) in [7, 11) is 0. The van der Waals surface area contributed by atoms with Gasteiger partial charge in [0.2, 0.25) is 0 Å². The van der Waals surface area contributed by atoms with Crippen molar-refractivity contribution in [1.82, 2.24) is 5.32 Å². The zero-order chi connectivity index (χ0) is 8.97. The Morgan fingerprint density at radius 1 is 1.50 bits per heavy atom. The summed E-state index contributed by atoms with van der Waals surface area (Å²) in [4.78, 5) is 0. The van der Waals surface area contributed by atoms with Gasteiger partial charge in [-0.3, -0.25) is 0 Å². The van der Waals surface area contributed by atoms with E-state index in [-0.39, 0.29) is 6.10 Å². The average Bonchev–Trinajstić information content (AvgIpc) is 2.36. The normalized spacial score (nSPS) is 28.9. The highest BCUT2D eigenvalue weighted by Gasteiger charge is 2.23. The summed E-state index contributed by atoms with van der Waals surface area (Å²) in [5.74, 6) is 0.473. The van der Waals surface area contributed by atoms with Crippen molar-refractivity contribution in [2.75, 3.05) is 13.1 Å². The maximum Gasteiger partial charge on any atom is 0.0704 e. The van der Waals surface area contributed by atoms with Crippen molar-refractivity contribution in [3.05, 3.63) is 11.6 Å². The molecular formula is C10H19NO. The summed E-state index contributed by atoms with van der Waals surface area (Å²) >= 11 is 0. The van der Waals surface area contributed by atoms with Gasteiger partial charge >= 0.3 is 0 Å². The lowest BCUT2D eigenvalue weighted by Gasteiger charge is -2.10. The van der Waals surface area contributed by atoms with E-state index in [1.165, 1.54) is 5.57 Å². The summed E-state index contributed by atoms with van der Waals surface area (Å²) in [6.07, 6.45) is 4.34. The van der Waals surface area contributed by atoms with Crippen LogP contribution < -0.4 is 5.32 Å². The summed E-state index contributed by atoms with van der Waals surface area (Å²) < 4.78 is 0. The molecule has 0 radical (unpaired) electrons. The van der Waals surface area contributed by atoms with Crippen LogP contribution in [0.15, 0.2) is 11.6 Å². The number of aliphatic hydroxyl groups is 1. The summed E-state index contributed by atoms with van der Waals surface area (Å²) in [6.45, 7) is 5.99. The van der Waals surface area contributed by atoms with E-state index < -0.39 is 0 Å². The highest BCUT2D eigenvalue weighted by atomic mass is 16.3. The van der Waals surface area contributed by atoms with Gasteiger partial charge in [0.15, 0.2) is 0 Å². The third-order valence-corrected chi connectivity index (χ3v) is 2.39. The van der Waals surface area contributed by atoms with Crippen LogP contribution in [0.4, 0.5) is 0 Å². The highest BCUT2D eigenvalue weighted by molar-refractivity contribution is 4.94. The number of hydrogen-bond donors (Lipinski definition) is 2. The van der Waals surface area contributed by atoms with E-state index in [0.717, 1.165) is 25.9 Å². The van der Waals surface area contributed by atoms with Crippen molar-refractivity contribution in [1.29, 1.82) is 0 Å². The second-order valence-corrected chi connectivity index (χ2v) is 3.84. The zero-order valence-electron chi connectivity index (χ0n) is 8.01. The molecule has 0 unspecified atom stereocenters. The first-order valence-electron chi connectivity index (χ1n) is 4.72. The molecule has 2 atom stereocenters. The lowest BCUT2D eigenvalue weighted by Crippen LogP contribution is -2.17. The van der Waals surface area contributed by atoms with E-state index in [1.807, 2.05) is 0 Å². The Balaban J connectivity index is 2.18. The van der Waals surface area contributed by atoms with Crippen LogP contribution in [0, 0.1) is 5.92 Å².